The van der Waals surface area contributed by atoms with E-state index in [-0.39, 0.29) is 5.82 Å². The molecule has 2 aromatic heterocycles. The molecule has 5 aromatic rings. The molecule has 0 saturated carbocycles. The standard InChI is InChI=1S/C21H15FN6/c22-14-5-7-15(8-6-14)25-21-26-19-4-2-1-3-17(19)20(27-21)24-16-9-10-18-13(11-16)12-23-28-18/h1-12H,(H,23,28)(H2,24,25,26,27). The predicted octanol–water partition coefficient (Wildman–Crippen LogP) is 5.13. The van der Waals surface area contributed by atoms with Gasteiger partial charge >= 0.3 is 0 Å². The minimum atomic E-state index is -0.290. The SMILES string of the molecule is Fc1ccc(Nc2nc(Nc3ccc4[nH]ncc4c3)c3ccccc3n2)cc1. The van der Waals surface area contributed by atoms with Crippen molar-refractivity contribution in [3.05, 3.63) is 78.7 Å². The lowest BCUT2D eigenvalue weighted by Gasteiger charge is -2.12. The van der Waals surface area contributed by atoms with Gasteiger partial charge in [-0.1, -0.05) is 12.1 Å². The molecule has 0 fully saturated rings. The zero-order valence-corrected chi connectivity index (χ0v) is 14.6. The maximum atomic E-state index is 13.2. The van der Waals surface area contributed by atoms with Gasteiger partial charge in [-0.2, -0.15) is 10.1 Å². The number of aromatic amines is 1. The van der Waals surface area contributed by atoms with E-state index in [1.54, 1.807) is 18.3 Å². The number of aromatic nitrogens is 4. The lowest BCUT2D eigenvalue weighted by Crippen LogP contribution is -2.02. The Balaban J connectivity index is 1.55. The number of anilines is 4. The monoisotopic (exact) mass is 370 g/mol. The van der Waals surface area contributed by atoms with Gasteiger partial charge in [-0.3, -0.25) is 5.10 Å². The molecule has 0 saturated heterocycles. The van der Waals surface area contributed by atoms with Crippen molar-refractivity contribution in [2.24, 2.45) is 0 Å². The summed E-state index contributed by atoms with van der Waals surface area (Å²) in [6.07, 6.45) is 1.78. The molecule has 0 aliphatic carbocycles. The maximum Gasteiger partial charge on any atom is 0.229 e. The number of fused-ring (bicyclic) bond motifs is 2. The molecule has 136 valence electrons. The molecule has 0 aliphatic rings. The second-order valence-corrected chi connectivity index (χ2v) is 6.34. The first-order valence-electron chi connectivity index (χ1n) is 8.74. The van der Waals surface area contributed by atoms with Crippen LogP contribution in [0.2, 0.25) is 0 Å². The minimum absolute atomic E-state index is 0.290. The molecule has 0 bridgehead atoms. The first-order chi connectivity index (χ1) is 13.7. The zero-order valence-electron chi connectivity index (χ0n) is 14.6. The van der Waals surface area contributed by atoms with Gasteiger partial charge in [0.05, 0.1) is 17.2 Å². The first kappa shape index (κ1) is 16.2. The Morgan fingerprint density at radius 1 is 0.821 bits per heavy atom. The molecule has 0 amide bonds. The normalized spacial score (nSPS) is 11.0. The van der Waals surface area contributed by atoms with E-state index >= 15 is 0 Å². The Hall–Kier alpha value is -4.00. The van der Waals surface area contributed by atoms with E-state index in [9.17, 15) is 4.39 Å². The average molecular weight is 370 g/mol. The maximum absolute atomic E-state index is 13.2. The van der Waals surface area contributed by atoms with Gasteiger partial charge in [0.25, 0.3) is 0 Å². The van der Waals surface area contributed by atoms with Gasteiger partial charge < -0.3 is 10.6 Å². The topological polar surface area (TPSA) is 78.5 Å². The summed E-state index contributed by atoms with van der Waals surface area (Å²) in [5, 5.41) is 15.4. The number of nitrogens with one attached hydrogen (secondary N) is 3. The Bertz CT molecular complexity index is 1280. The second kappa shape index (κ2) is 6.62. The van der Waals surface area contributed by atoms with Crippen LogP contribution in [0.15, 0.2) is 72.9 Å². The van der Waals surface area contributed by atoms with Crippen LogP contribution in [-0.2, 0) is 0 Å². The summed E-state index contributed by atoms with van der Waals surface area (Å²) in [5.41, 5.74) is 3.37. The van der Waals surface area contributed by atoms with E-state index in [2.05, 4.69) is 30.8 Å². The van der Waals surface area contributed by atoms with Gasteiger partial charge in [0, 0.05) is 22.1 Å². The summed E-state index contributed by atoms with van der Waals surface area (Å²) in [6, 6.07) is 19.8. The molecule has 5 rings (SSSR count). The summed E-state index contributed by atoms with van der Waals surface area (Å²) in [5.74, 6) is 0.817. The van der Waals surface area contributed by atoms with Crippen LogP contribution in [0.25, 0.3) is 21.8 Å². The van der Waals surface area contributed by atoms with Crippen molar-refractivity contribution < 1.29 is 4.39 Å². The summed E-state index contributed by atoms with van der Waals surface area (Å²) in [6.45, 7) is 0. The number of rotatable bonds is 4. The van der Waals surface area contributed by atoms with Crippen LogP contribution in [0.4, 0.5) is 27.5 Å². The van der Waals surface area contributed by atoms with E-state index in [1.807, 2.05) is 42.5 Å². The molecule has 2 heterocycles. The fourth-order valence-corrected chi connectivity index (χ4v) is 3.05. The molecular formula is C21H15FN6. The molecule has 0 aliphatic heterocycles. The van der Waals surface area contributed by atoms with Crippen molar-refractivity contribution in [1.82, 2.24) is 20.2 Å². The Morgan fingerprint density at radius 2 is 1.64 bits per heavy atom. The van der Waals surface area contributed by atoms with Crippen LogP contribution in [0.3, 0.4) is 0 Å². The number of halogens is 1. The molecule has 0 radical (unpaired) electrons. The van der Waals surface area contributed by atoms with Crippen LogP contribution in [0.5, 0.6) is 0 Å². The summed E-state index contributed by atoms with van der Waals surface area (Å²) in [4.78, 5) is 9.20. The van der Waals surface area contributed by atoms with Crippen LogP contribution < -0.4 is 10.6 Å². The van der Waals surface area contributed by atoms with E-state index in [1.165, 1.54) is 12.1 Å². The van der Waals surface area contributed by atoms with Gasteiger partial charge in [-0.05, 0) is 54.6 Å². The van der Waals surface area contributed by atoms with Gasteiger partial charge in [0.1, 0.15) is 11.6 Å². The van der Waals surface area contributed by atoms with Gasteiger partial charge in [-0.15, -0.1) is 0 Å². The molecule has 3 aromatic carbocycles. The largest absolute Gasteiger partial charge is 0.340 e. The van der Waals surface area contributed by atoms with Crippen molar-refractivity contribution in [3.8, 4) is 0 Å². The van der Waals surface area contributed by atoms with Crippen molar-refractivity contribution in [2.45, 2.75) is 0 Å². The molecule has 7 heteroatoms. The third kappa shape index (κ3) is 3.09. The average Bonchev–Trinajstić information content (AvgIpc) is 3.18. The number of hydrogen-bond acceptors (Lipinski definition) is 5. The van der Waals surface area contributed by atoms with Crippen LogP contribution in [-0.4, -0.2) is 20.2 Å². The molecule has 0 unspecified atom stereocenters. The first-order valence-corrected chi connectivity index (χ1v) is 8.74. The third-order valence-corrected chi connectivity index (χ3v) is 4.41. The number of H-pyrrole nitrogens is 1. The lowest BCUT2D eigenvalue weighted by atomic mass is 10.2. The number of benzene rings is 3. The fraction of sp³-hybridized carbons (Fsp3) is 0. The Labute approximate surface area is 159 Å². The van der Waals surface area contributed by atoms with Crippen molar-refractivity contribution in [1.29, 1.82) is 0 Å². The predicted molar refractivity (Wildman–Crippen MR) is 109 cm³/mol. The van der Waals surface area contributed by atoms with Crippen LogP contribution in [0, 0.1) is 5.82 Å². The summed E-state index contributed by atoms with van der Waals surface area (Å²) < 4.78 is 13.2. The highest BCUT2D eigenvalue weighted by Crippen LogP contribution is 2.27. The van der Waals surface area contributed by atoms with E-state index in [0.717, 1.165) is 27.5 Å². The number of hydrogen-bond donors (Lipinski definition) is 3. The van der Waals surface area contributed by atoms with Gasteiger partial charge in [0.15, 0.2) is 0 Å². The molecule has 0 spiro atoms. The summed E-state index contributed by atoms with van der Waals surface area (Å²) >= 11 is 0. The Morgan fingerprint density at radius 3 is 2.54 bits per heavy atom. The second-order valence-electron chi connectivity index (χ2n) is 6.34. The van der Waals surface area contributed by atoms with Gasteiger partial charge in [-0.25, -0.2) is 9.37 Å². The molecule has 6 nitrogen and oxygen atoms in total. The zero-order chi connectivity index (χ0) is 18.9. The quantitative estimate of drug-likeness (QED) is 0.409. The smallest absolute Gasteiger partial charge is 0.229 e. The molecule has 3 N–H and O–H groups in total. The minimum Gasteiger partial charge on any atom is -0.340 e. The van der Waals surface area contributed by atoms with Crippen molar-refractivity contribution >= 4 is 44.9 Å². The highest BCUT2D eigenvalue weighted by molar-refractivity contribution is 5.93. The number of para-hydroxylation sites is 1. The van der Waals surface area contributed by atoms with Crippen LogP contribution in [0.1, 0.15) is 0 Å². The van der Waals surface area contributed by atoms with E-state index in [0.29, 0.717) is 17.5 Å². The van der Waals surface area contributed by atoms with Crippen LogP contribution >= 0.6 is 0 Å². The third-order valence-electron chi connectivity index (χ3n) is 4.41. The fourth-order valence-electron chi connectivity index (χ4n) is 3.05. The van der Waals surface area contributed by atoms with E-state index in [4.69, 9.17) is 0 Å². The lowest BCUT2D eigenvalue weighted by molar-refractivity contribution is 0.628. The van der Waals surface area contributed by atoms with Crippen molar-refractivity contribution in [2.75, 3.05) is 10.6 Å². The Kier molecular flexibility index (Phi) is 3.83. The van der Waals surface area contributed by atoms with Gasteiger partial charge in [0.2, 0.25) is 5.95 Å². The highest BCUT2D eigenvalue weighted by Gasteiger charge is 2.09. The summed E-state index contributed by atoms with van der Waals surface area (Å²) in [7, 11) is 0. The number of nitrogens with zero attached hydrogens (tertiary/aromatic N) is 3. The van der Waals surface area contributed by atoms with E-state index < -0.39 is 0 Å². The molecular weight excluding hydrogens is 355 g/mol. The highest BCUT2D eigenvalue weighted by atomic mass is 19.1. The van der Waals surface area contributed by atoms with Crippen molar-refractivity contribution in [3.63, 3.8) is 0 Å². The molecule has 28 heavy (non-hydrogen) atoms. The molecule has 0 atom stereocenters.